The minimum absolute atomic E-state index is 0.0823. The molecule has 2 aromatic heterocycles. The number of benzene rings is 2. The van der Waals surface area contributed by atoms with Gasteiger partial charge in [0.15, 0.2) is 11.6 Å². The molecular formula is C29H33F2N7O3. The second-order valence-corrected chi connectivity index (χ2v) is 10.0. The van der Waals surface area contributed by atoms with Crippen LogP contribution in [0.1, 0.15) is 32.1 Å². The molecule has 4 aromatic rings. The van der Waals surface area contributed by atoms with E-state index in [-0.39, 0.29) is 18.8 Å². The largest absolute Gasteiger partial charge is 0.493 e. The average molecular weight is 566 g/mol. The van der Waals surface area contributed by atoms with Crippen LogP contribution in [-0.4, -0.2) is 68.0 Å². The van der Waals surface area contributed by atoms with Gasteiger partial charge in [0, 0.05) is 36.8 Å². The van der Waals surface area contributed by atoms with E-state index in [1.807, 2.05) is 0 Å². The summed E-state index contributed by atoms with van der Waals surface area (Å²) in [5, 5.41) is 14.1. The Morgan fingerprint density at radius 3 is 2.90 bits per heavy atom. The monoisotopic (exact) mass is 565 g/mol. The molecule has 0 radical (unpaired) electrons. The van der Waals surface area contributed by atoms with E-state index in [9.17, 15) is 14.3 Å². The fraction of sp³-hybridized carbons (Fsp3) is 0.379. The number of nitrogens with zero attached hydrogens (tertiary/aromatic N) is 6. The topological polar surface area (TPSA) is 123 Å². The molecule has 0 unspecified atom stereocenters. The fourth-order valence-corrected chi connectivity index (χ4v) is 5.33. The van der Waals surface area contributed by atoms with Crippen molar-refractivity contribution in [3.8, 4) is 5.75 Å². The number of hydrogen-bond donors (Lipinski definition) is 2. The lowest BCUT2D eigenvalue weighted by molar-refractivity contribution is -0.118. The van der Waals surface area contributed by atoms with Crippen LogP contribution in [0.15, 0.2) is 55.1 Å². The number of aromatic nitrogens is 4. The number of aliphatic hydroxyl groups excluding tert-OH is 1. The second-order valence-electron chi connectivity index (χ2n) is 10.0. The molecule has 10 nitrogen and oxygen atoms in total. The Bertz CT molecular complexity index is 1500. The summed E-state index contributed by atoms with van der Waals surface area (Å²) in [5.74, 6) is -1.74. The Morgan fingerprint density at radius 1 is 1.20 bits per heavy atom. The van der Waals surface area contributed by atoms with Crippen LogP contribution >= 0.6 is 0 Å². The lowest BCUT2D eigenvalue weighted by Crippen LogP contribution is -2.40. The highest BCUT2D eigenvalue weighted by molar-refractivity contribution is 5.95. The van der Waals surface area contributed by atoms with Crippen LogP contribution in [0.5, 0.6) is 5.75 Å². The molecule has 0 saturated carbocycles. The molecule has 0 bridgehead atoms. The molecule has 12 heteroatoms. The SMILES string of the molecule is NC(=O)Cn1cc(N(c2cccc(F)c2F)c2ncnc3cc(OCCCN4CCCC[C@@H]4CCO)ccc23)cn1. The molecule has 1 saturated heterocycles. The number of ether oxygens (including phenoxy) is 1. The van der Waals surface area contributed by atoms with E-state index in [0.29, 0.717) is 40.8 Å². The number of carbonyl (C=O) groups is 1. The average Bonchev–Trinajstić information content (AvgIpc) is 3.41. The molecule has 2 aromatic carbocycles. The zero-order valence-electron chi connectivity index (χ0n) is 22.6. The van der Waals surface area contributed by atoms with Crippen LogP contribution in [0.2, 0.25) is 0 Å². The van der Waals surface area contributed by atoms with Crippen molar-refractivity contribution in [3.05, 3.63) is 66.8 Å². The van der Waals surface area contributed by atoms with Gasteiger partial charge in [0.25, 0.3) is 0 Å². The predicted molar refractivity (Wildman–Crippen MR) is 150 cm³/mol. The lowest BCUT2D eigenvalue weighted by atomic mass is 9.99. The predicted octanol–water partition coefficient (Wildman–Crippen LogP) is 4.07. The van der Waals surface area contributed by atoms with Gasteiger partial charge in [-0.1, -0.05) is 12.5 Å². The number of primary amides is 1. The number of piperidine rings is 1. The number of rotatable bonds is 12. The van der Waals surface area contributed by atoms with Gasteiger partial charge < -0.3 is 20.5 Å². The first-order chi connectivity index (χ1) is 19.9. The van der Waals surface area contributed by atoms with Crippen molar-refractivity contribution in [2.45, 2.75) is 44.7 Å². The minimum atomic E-state index is -1.06. The van der Waals surface area contributed by atoms with E-state index in [2.05, 4.69) is 20.0 Å². The number of hydrogen-bond acceptors (Lipinski definition) is 8. The first kappa shape index (κ1) is 28.4. The summed E-state index contributed by atoms with van der Waals surface area (Å²) in [5.41, 5.74) is 6.12. The van der Waals surface area contributed by atoms with E-state index in [1.54, 1.807) is 18.2 Å². The highest BCUT2D eigenvalue weighted by atomic mass is 19.2. The van der Waals surface area contributed by atoms with Crippen molar-refractivity contribution < 1.29 is 23.4 Å². The van der Waals surface area contributed by atoms with Gasteiger partial charge in [-0.15, -0.1) is 0 Å². The number of aliphatic hydroxyl groups is 1. The summed E-state index contributed by atoms with van der Waals surface area (Å²) in [6, 6.07) is 9.65. The highest BCUT2D eigenvalue weighted by Gasteiger charge is 2.24. The van der Waals surface area contributed by atoms with Crippen molar-refractivity contribution in [2.75, 3.05) is 31.2 Å². The summed E-state index contributed by atoms with van der Waals surface area (Å²) in [4.78, 5) is 24.1. The van der Waals surface area contributed by atoms with E-state index < -0.39 is 17.5 Å². The smallest absolute Gasteiger partial charge is 0.239 e. The van der Waals surface area contributed by atoms with Crippen LogP contribution < -0.4 is 15.4 Å². The number of amides is 1. The molecule has 41 heavy (non-hydrogen) atoms. The maximum Gasteiger partial charge on any atom is 0.239 e. The number of nitrogens with two attached hydrogens (primary N) is 1. The van der Waals surface area contributed by atoms with Gasteiger partial charge in [0.05, 0.1) is 29.7 Å². The van der Waals surface area contributed by atoms with Crippen molar-refractivity contribution in [2.24, 2.45) is 5.73 Å². The van der Waals surface area contributed by atoms with E-state index in [4.69, 9.17) is 10.5 Å². The van der Waals surface area contributed by atoms with Gasteiger partial charge in [-0.25, -0.2) is 18.7 Å². The van der Waals surface area contributed by atoms with Crippen LogP contribution in [0.3, 0.4) is 0 Å². The summed E-state index contributed by atoms with van der Waals surface area (Å²) in [6.07, 6.45) is 9.43. The van der Waals surface area contributed by atoms with Crippen molar-refractivity contribution in [1.29, 1.82) is 0 Å². The van der Waals surface area contributed by atoms with Gasteiger partial charge in [0.1, 0.15) is 24.4 Å². The number of halogens is 2. The summed E-state index contributed by atoms with van der Waals surface area (Å²) < 4.78 is 36.7. The Balaban J connectivity index is 1.38. The van der Waals surface area contributed by atoms with Crippen molar-refractivity contribution >= 4 is 34.0 Å². The Labute approximate surface area is 236 Å². The fourth-order valence-electron chi connectivity index (χ4n) is 5.33. The molecular weight excluding hydrogens is 532 g/mol. The summed E-state index contributed by atoms with van der Waals surface area (Å²) in [7, 11) is 0. The first-order valence-corrected chi connectivity index (χ1v) is 13.7. The Morgan fingerprint density at radius 2 is 2.07 bits per heavy atom. The van der Waals surface area contributed by atoms with E-state index in [1.165, 1.54) is 53.3 Å². The first-order valence-electron chi connectivity index (χ1n) is 13.7. The molecule has 3 heterocycles. The maximum atomic E-state index is 15.1. The molecule has 3 N–H and O–H groups in total. The van der Waals surface area contributed by atoms with E-state index in [0.717, 1.165) is 38.4 Å². The molecule has 1 aliphatic rings. The van der Waals surface area contributed by atoms with E-state index >= 15 is 4.39 Å². The van der Waals surface area contributed by atoms with Crippen LogP contribution in [-0.2, 0) is 11.3 Å². The Kier molecular flexibility index (Phi) is 9.00. The standard InChI is InChI=1S/C29H33F2N7O3/c30-24-6-3-7-26(28(24)31)38(21-16-35-37(17-21)18-27(32)40)29-23-9-8-22(15-25(23)33-19-34-29)41-14-4-12-36-11-2-1-5-20(36)10-13-39/h3,6-9,15-17,19-20,39H,1-2,4-5,10-14,18H2,(H2,32,40)/t20-/m1/s1. The quantitative estimate of drug-likeness (QED) is 0.247. The third-order valence-corrected chi connectivity index (χ3v) is 7.24. The third kappa shape index (κ3) is 6.60. The number of likely N-dealkylation sites (tertiary alicyclic amines) is 1. The molecule has 0 aliphatic carbocycles. The van der Waals surface area contributed by atoms with Crippen molar-refractivity contribution in [1.82, 2.24) is 24.6 Å². The van der Waals surface area contributed by atoms with Gasteiger partial charge >= 0.3 is 0 Å². The normalized spacial score (nSPS) is 15.7. The molecule has 5 rings (SSSR count). The molecule has 1 aliphatic heterocycles. The molecule has 1 atom stereocenters. The lowest BCUT2D eigenvalue weighted by Gasteiger charge is -2.35. The number of anilines is 3. The minimum Gasteiger partial charge on any atom is -0.493 e. The highest BCUT2D eigenvalue weighted by Crippen LogP contribution is 2.39. The second kappa shape index (κ2) is 13.0. The molecule has 0 spiro atoms. The maximum absolute atomic E-state index is 15.1. The van der Waals surface area contributed by atoms with Crippen LogP contribution in [0.25, 0.3) is 10.9 Å². The van der Waals surface area contributed by atoms with Crippen LogP contribution in [0.4, 0.5) is 26.0 Å². The van der Waals surface area contributed by atoms with Gasteiger partial charge in [-0.2, -0.15) is 5.10 Å². The molecule has 216 valence electrons. The molecule has 1 amide bonds. The van der Waals surface area contributed by atoms with Gasteiger partial charge in [-0.3, -0.25) is 14.4 Å². The van der Waals surface area contributed by atoms with Gasteiger partial charge in [-0.05, 0) is 56.5 Å². The van der Waals surface area contributed by atoms with Gasteiger partial charge in [0.2, 0.25) is 5.91 Å². The Hall–Kier alpha value is -4.16. The summed E-state index contributed by atoms with van der Waals surface area (Å²) in [6.45, 7) is 2.50. The number of carbonyl (C=O) groups excluding carboxylic acids is 1. The number of fused-ring (bicyclic) bond motifs is 1. The molecule has 1 fully saturated rings. The van der Waals surface area contributed by atoms with Crippen LogP contribution in [0, 0.1) is 11.6 Å². The summed E-state index contributed by atoms with van der Waals surface area (Å²) >= 11 is 0. The zero-order valence-corrected chi connectivity index (χ0v) is 22.6. The zero-order chi connectivity index (χ0) is 28.8. The van der Waals surface area contributed by atoms with Crippen molar-refractivity contribution in [3.63, 3.8) is 0 Å². The third-order valence-electron chi connectivity index (χ3n) is 7.24.